The summed E-state index contributed by atoms with van der Waals surface area (Å²) in [4.78, 5) is 26.3. The number of ether oxygens (including phenoxy) is 3. The van der Waals surface area contributed by atoms with Gasteiger partial charge in [0.15, 0.2) is 11.3 Å². The Balaban J connectivity index is 1.59. The lowest BCUT2D eigenvalue weighted by Crippen LogP contribution is -2.39. The topological polar surface area (TPSA) is 127 Å². The lowest BCUT2D eigenvalue weighted by molar-refractivity contribution is -0.122. The van der Waals surface area contributed by atoms with E-state index >= 15 is 0 Å². The Hall–Kier alpha value is -4.34. The van der Waals surface area contributed by atoms with Gasteiger partial charge in [-0.15, -0.1) is 0 Å². The first-order valence-corrected chi connectivity index (χ1v) is 14.5. The molecular formula is C34H39NO8. The molecule has 3 N–H and O–H groups in total. The van der Waals surface area contributed by atoms with Crippen molar-refractivity contribution in [2.45, 2.75) is 44.6 Å². The normalized spacial score (nSPS) is 11.7. The number of aryl methyl sites for hydroxylation is 1. The number of aliphatic hydroxyl groups is 2. The van der Waals surface area contributed by atoms with Crippen LogP contribution in [-0.4, -0.2) is 62.2 Å². The molecule has 3 aromatic carbocycles. The average molecular weight is 590 g/mol. The second kappa shape index (κ2) is 15.8. The Labute approximate surface area is 251 Å². The van der Waals surface area contributed by atoms with Crippen LogP contribution >= 0.6 is 0 Å². The summed E-state index contributed by atoms with van der Waals surface area (Å²) >= 11 is 0. The Kier molecular flexibility index (Phi) is 11.6. The van der Waals surface area contributed by atoms with E-state index in [2.05, 4.69) is 5.32 Å². The number of nitrogens with one attached hydrogen (secondary N) is 1. The fourth-order valence-electron chi connectivity index (χ4n) is 4.92. The van der Waals surface area contributed by atoms with Crippen LogP contribution in [0.25, 0.3) is 22.3 Å². The summed E-state index contributed by atoms with van der Waals surface area (Å²) in [7, 11) is 3.10. The lowest BCUT2D eigenvalue weighted by Gasteiger charge is -2.16. The van der Waals surface area contributed by atoms with Crippen molar-refractivity contribution < 1.29 is 38.4 Å². The van der Waals surface area contributed by atoms with Crippen molar-refractivity contribution in [3.8, 4) is 22.8 Å². The number of esters is 1. The van der Waals surface area contributed by atoms with E-state index in [1.165, 1.54) is 7.11 Å². The highest BCUT2D eigenvalue weighted by atomic mass is 16.5. The van der Waals surface area contributed by atoms with Crippen LogP contribution in [0.5, 0.6) is 11.5 Å². The second-order valence-electron chi connectivity index (χ2n) is 10.3. The third kappa shape index (κ3) is 8.37. The fourth-order valence-corrected chi connectivity index (χ4v) is 4.92. The zero-order valence-corrected chi connectivity index (χ0v) is 24.6. The Morgan fingerprint density at radius 1 is 0.907 bits per heavy atom. The quantitative estimate of drug-likeness (QED) is 0.122. The van der Waals surface area contributed by atoms with Gasteiger partial charge in [0.1, 0.15) is 17.1 Å². The van der Waals surface area contributed by atoms with Gasteiger partial charge in [0.05, 0.1) is 33.5 Å². The summed E-state index contributed by atoms with van der Waals surface area (Å²) in [6.07, 6.45) is 3.08. The number of hydrogen-bond donors (Lipinski definition) is 3. The van der Waals surface area contributed by atoms with E-state index in [4.69, 9.17) is 23.7 Å². The van der Waals surface area contributed by atoms with E-state index in [0.717, 1.165) is 17.5 Å². The van der Waals surface area contributed by atoms with Crippen LogP contribution in [0, 0.1) is 0 Å². The van der Waals surface area contributed by atoms with E-state index in [9.17, 15) is 14.7 Å². The molecule has 4 rings (SSSR count). The number of carbonyl (C=O) groups is 2. The number of rotatable bonds is 16. The molecule has 0 fully saturated rings. The minimum atomic E-state index is -0.530. The van der Waals surface area contributed by atoms with Gasteiger partial charge >= 0.3 is 5.97 Å². The minimum absolute atomic E-state index is 0.0935. The molecule has 0 saturated carbocycles. The molecule has 228 valence electrons. The highest BCUT2D eigenvalue weighted by Gasteiger charge is 2.26. The van der Waals surface area contributed by atoms with Crippen LogP contribution in [0.4, 0.5) is 0 Å². The van der Waals surface area contributed by atoms with Gasteiger partial charge in [-0.2, -0.15) is 0 Å². The molecule has 1 aromatic heterocycles. The first-order chi connectivity index (χ1) is 21.0. The van der Waals surface area contributed by atoms with Gasteiger partial charge in [-0.25, -0.2) is 4.79 Å². The molecule has 0 spiro atoms. The monoisotopic (exact) mass is 589 g/mol. The second-order valence-corrected chi connectivity index (χ2v) is 10.3. The molecule has 0 radical (unpaired) electrons. The van der Waals surface area contributed by atoms with Gasteiger partial charge in [-0.1, -0.05) is 30.3 Å². The van der Waals surface area contributed by atoms with Gasteiger partial charge in [0, 0.05) is 24.0 Å². The maximum Gasteiger partial charge on any atom is 0.342 e. The Bertz CT molecular complexity index is 1480. The van der Waals surface area contributed by atoms with Crippen LogP contribution < -0.4 is 14.8 Å². The van der Waals surface area contributed by atoms with Gasteiger partial charge in [-0.3, -0.25) is 4.79 Å². The summed E-state index contributed by atoms with van der Waals surface area (Å²) in [5, 5.41) is 22.3. The van der Waals surface area contributed by atoms with Crippen LogP contribution in [0.3, 0.4) is 0 Å². The SMILES string of the molecule is COc1ccc(-c2oc3c(OC)cc(CCC(=O)N[C@H](CO)Cc4ccccc4)cc3c2C(=O)OCCCCCO)cc1. The standard InChI is InChI=1S/C34H39NO8/c1-40-27-14-12-25(13-15-27)32-31(34(39)42-18-8-4-7-17-36)28-20-24(21-29(41-2)33(28)43-32)11-16-30(38)35-26(22-37)19-23-9-5-3-6-10-23/h3,5-6,9-10,12-15,20-21,26,36-37H,4,7-8,11,16-19,22H2,1-2H3,(H,35,38)/t26-/m0/s1. The number of carbonyl (C=O) groups excluding carboxylic acids is 2. The predicted molar refractivity (Wildman–Crippen MR) is 163 cm³/mol. The lowest BCUT2D eigenvalue weighted by atomic mass is 10.0. The van der Waals surface area contributed by atoms with Crippen LogP contribution in [0.1, 0.15) is 47.2 Å². The zero-order chi connectivity index (χ0) is 30.6. The number of fused-ring (bicyclic) bond motifs is 1. The highest BCUT2D eigenvalue weighted by molar-refractivity contribution is 6.10. The molecule has 0 unspecified atom stereocenters. The summed E-state index contributed by atoms with van der Waals surface area (Å²) < 4.78 is 22.8. The van der Waals surface area contributed by atoms with Crippen molar-refractivity contribution in [2.75, 3.05) is 34.0 Å². The molecule has 1 amide bonds. The van der Waals surface area contributed by atoms with Crippen molar-refractivity contribution in [3.05, 3.63) is 83.4 Å². The van der Waals surface area contributed by atoms with E-state index in [1.54, 1.807) is 37.4 Å². The Morgan fingerprint density at radius 2 is 1.67 bits per heavy atom. The van der Waals surface area contributed by atoms with E-state index in [-0.39, 0.29) is 37.7 Å². The first kappa shape index (κ1) is 31.6. The number of amides is 1. The molecule has 0 aliphatic heterocycles. The first-order valence-electron chi connectivity index (χ1n) is 14.5. The average Bonchev–Trinajstić information content (AvgIpc) is 3.43. The maximum atomic E-state index is 13.5. The highest BCUT2D eigenvalue weighted by Crippen LogP contribution is 2.40. The number of furan rings is 1. The van der Waals surface area contributed by atoms with Crippen LogP contribution in [-0.2, 0) is 22.4 Å². The number of unbranched alkanes of at least 4 members (excludes halogenated alkanes) is 2. The van der Waals surface area contributed by atoms with Crippen molar-refractivity contribution in [1.29, 1.82) is 0 Å². The number of methoxy groups -OCH3 is 2. The molecular weight excluding hydrogens is 550 g/mol. The molecule has 9 nitrogen and oxygen atoms in total. The van der Waals surface area contributed by atoms with Crippen LogP contribution in [0.2, 0.25) is 0 Å². The molecule has 1 atom stereocenters. The number of aliphatic hydroxyl groups excluding tert-OH is 2. The van der Waals surface area contributed by atoms with E-state index < -0.39 is 12.0 Å². The summed E-state index contributed by atoms with van der Waals surface area (Å²) in [5.74, 6) is 0.720. The molecule has 0 bridgehead atoms. The zero-order valence-electron chi connectivity index (χ0n) is 24.6. The molecule has 1 heterocycles. The van der Waals surface area contributed by atoms with E-state index in [0.29, 0.717) is 59.5 Å². The van der Waals surface area contributed by atoms with Gasteiger partial charge in [-0.05, 0) is 79.6 Å². The third-order valence-electron chi connectivity index (χ3n) is 7.18. The minimum Gasteiger partial charge on any atom is -0.497 e. The fraction of sp³-hybridized carbons (Fsp3) is 0.353. The van der Waals surface area contributed by atoms with Crippen molar-refractivity contribution in [2.24, 2.45) is 0 Å². The molecule has 0 aliphatic rings. The van der Waals surface area contributed by atoms with Crippen LogP contribution in [0.15, 0.2) is 71.1 Å². The molecule has 0 saturated heterocycles. The van der Waals surface area contributed by atoms with Gasteiger partial charge in [0.25, 0.3) is 0 Å². The molecule has 0 aliphatic carbocycles. The summed E-state index contributed by atoms with van der Waals surface area (Å²) in [6.45, 7) is 0.130. The predicted octanol–water partition coefficient (Wildman–Crippen LogP) is 5.09. The largest absolute Gasteiger partial charge is 0.497 e. The molecule has 9 heteroatoms. The molecule has 4 aromatic rings. The number of benzene rings is 3. The smallest absolute Gasteiger partial charge is 0.342 e. The third-order valence-corrected chi connectivity index (χ3v) is 7.18. The molecule has 43 heavy (non-hydrogen) atoms. The van der Waals surface area contributed by atoms with E-state index in [1.807, 2.05) is 36.4 Å². The Morgan fingerprint density at radius 3 is 2.35 bits per heavy atom. The van der Waals surface area contributed by atoms with Crippen molar-refractivity contribution >= 4 is 22.8 Å². The maximum absolute atomic E-state index is 13.5. The van der Waals surface area contributed by atoms with Crippen molar-refractivity contribution in [1.82, 2.24) is 5.32 Å². The van der Waals surface area contributed by atoms with Gasteiger partial charge < -0.3 is 34.2 Å². The summed E-state index contributed by atoms with van der Waals surface area (Å²) in [5.41, 5.74) is 3.15. The van der Waals surface area contributed by atoms with Crippen molar-refractivity contribution in [3.63, 3.8) is 0 Å². The number of hydrogen-bond acceptors (Lipinski definition) is 8. The van der Waals surface area contributed by atoms with Gasteiger partial charge in [0.2, 0.25) is 5.91 Å². The summed E-state index contributed by atoms with van der Waals surface area (Å²) in [6, 6.07) is 20.1.